The highest BCUT2D eigenvalue weighted by atomic mass is 79.9. The maximum atomic E-state index is 12.1. The highest BCUT2D eigenvalue weighted by Crippen LogP contribution is 2.49. The molecule has 0 heterocycles. The van der Waals surface area contributed by atoms with E-state index in [4.69, 9.17) is 5.73 Å². The average Bonchev–Trinajstić information content (AvgIpc) is 2.95. The minimum absolute atomic E-state index is 0.128. The Hall–Kier alpha value is -1.03. The molecule has 19 heavy (non-hydrogen) atoms. The summed E-state index contributed by atoms with van der Waals surface area (Å²) in [6.45, 7) is 0. The fourth-order valence-electron chi connectivity index (χ4n) is 3.70. The van der Waals surface area contributed by atoms with Crippen LogP contribution in [0.1, 0.15) is 32.1 Å². The van der Waals surface area contributed by atoms with Crippen LogP contribution in [0.25, 0.3) is 0 Å². The summed E-state index contributed by atoms with van der Waals surface area (Å²) in [5, 5.41) is 2.98. The van der Waals surface area contributed by atoms with Crippen molar-refractivity contribution >= 4 is 33.2 Å². The molecular formula is C15H19BrN2O. The third kappa shape index (κ3) is 2.78. The number of carbonyl (C=O) groups excluding carboxylic acids is 1. The molecule has 0 spiro atoms. The first-order valence-corrected chi connectivity index (χ1v) is 7.76. The van der Waals surface area contributed by atoms with Crippen LogP contribution in [-0.2, 0) is 4.79 Å². The van der Waals surface area contributed by atoms with Crippen LogP contribution in [-0.4, -0.2) is 5.91 Å². The number of amides is 1. The van der Waals surface area contributed by atoms with E-state index in [1.807, 2.05) is 12.1 Å². The Kier molecular flexibility index (Phi) is 3.52. The minimum Gasteiger partial charge on any atom is -0.399 e. The van der Waals surface area contributed by atoms with Crippen molar-refractivity contribution in [3.8, 4) is 0 Å². The fraction of sp³-hybridized carbons (Fsp3) is 0.533. The standard InChI is InChI=1S/C15H19BrN2O/c16-13-8-12(17)3-4-14(13)18-15(19)7-11-6-9-1-2-10(11)5-9/h3-4,8-11H,1-2,5-7,17H2,(H,18,19). The predicted molar refractivity (Wildman–Crippen MR) is 80.7 cm³/mol. The lowest BCUT2D eigenvalue weighted by molar-refractivity contribution is -0.117. The van der Waals surface area contributed by atoms with E-state index in [1.54, 1.807) is 6.07 Å². The molecule has 3 unspecified atom stereocenters. The molecule has 2 aliphatic rings. The topological polar surface area (TPSA) is 55.1 Å². The summed E-state index contributed by atoms with van der Waals surface area (Å²) in [4.78, 5) is 12.1. The molecule has 0 aliphatic heterocycles. The normalized spacial score (nSPS) is 28.6. The van der Waals surface area contributed by atoms with Crippen molar-refractivity contribution in [2.24, 2.45) is 17.8 Å². The molecule has 1 amide bonds. The number of nitrogens with one attached hydrogen (secondary N) is 1. The van der Waals surface area contributed by atoms with Gasteiger partial charge in [0.1, 0.15) is 0 Å². The van der Waals surface area contributed by atoms with Gasteiger partial charge in [0.25, 0.3) is 0 Å². The number of anilines is 2. The Morgan fingerprint density at radius 3 is 2.84 bits per heavy atom. The van der Waals surface area contributed by atoms with E-state index < -0.39 is 0 Å². The number of nitrogens with two attached hydrogens (primary N) is 1. The van der Waals surface area contributed by atoms with E-state index in [-0.39, 0.29) is 5.91 Å². The number of rotatable bonds is 3. The lowest BCUT2D eigenvalue weighted by atomic mass is 9.86. The molecule has 0 saturated heterocycles. The van der Waals surface area contributed by atoms with Gasteiger partial charge in [0, 0.05) is 16.6 Å². The van der Waals surface area contributed by atoms with Crippen LogP contribution < -0.4 is 11.1 Å². The maximum absolute atomic E-state index is 12.1. The number of halogens is 1. The molecule has 2 aliphatic carbocycles. The Morgan fingerprint density at radius 2 is 2.21 bits per heavy atom. The van der Waals surface area contributed by atoms with Gasteiger partial charge in [-0.25, -0.2) is 0 Å². The summed E-state index contributed by atoms with van der Waals surface area (Å²) in [6, 6.07) is 5.46. The molecule has 1 aromatic carbocycles. The molecule has 3 N–H and O–H groups in total. The summed E-state index contributed by atoms with van der Waals surface area (Å²) in [7, 11) is 0. The van der Waals surface area contributed by atoms with Gasteiger partial charge in [-0.2, -0.15) is 0 Å². The van der Waals surface area contributed by atoms with Gasteiger partial charge in [0.2, 0.25) is 5.91 Å². The third-order valence-electron chi connectivity index (χ3n) is 4.60. The number of hydrogen-bond donors (Lipinski definition) is 2. The number of carbonyl (C=O) groups is 1. The third-order valence-corrected chi connectivity index (χ3v) is 5.26. The first-order valence-electron chi connectivity index (χ1n) is 6.96. The number of fused-ring (bicyclic) bond motifs is 2. The highest BCUT2D eigenvalue weighted by molar-refractivity contribution is 9.10. The molecule has 1 aromatic rings. The second kappa shape index (κ2) is 5.16. The summed E-state index contributed by atoms with van der Waals surface area (Å²) in [6.07, 6.45) is 5.98. The highest BCUT2D eigenvalue weighted by Gasteiger charge is 2.40. The Balaban J connectivity index is 1.59. The van der Waals surface area contributed by atoms with Gasteiger partial charge in [0.05, 0.1) is 5.69 Å². The number of nitrogen functional groups attached to an aromatic ring is 1. The zero-order valence-corrected chi connectivity index (χ0v) is 12.4. The Bertz CT molecular complexity index is 503. The number of benzene rings is 1. The molecule has 2 bridgehead atoms. The summed E-state index contributed by atoms with van der Waals surface area (Å²) < 4.78 is 0.841. The van der Waals surface area contributed by atoms with Gasteiger partial charge in [0.15, 0.2) is 0 Å². The Morgan fingerprint density at radius 1 is 1.37 bits per heavy atom. The van der Waals surface area contributed by atoms with Gasteiger partial charge >= 0.3 is 0 Å². The monoisotopic (exact) mass is 322 g/mol. The molecule has 2 saturated carbocycles. The van der Waals surface area contributed by atoms with Crippen molar-refractivity contribution in [2.45, 2.75) is 32.1 Å². The molecule has 102 valence electrons. The average molecular weight is 323 g/mol. The van der Waals surface area contributed by atoms with Gasteiger partial charge in [-0.15, -0.1) is 0 Å². The van der Waals surface area contributed by atoms with Crippen molar-refractivity contribution in [1.29, 1.82) is 0 Å². The molecule has 0 aromatic heterocycles. The SMILES string of the molecule is Nc1ccc(NC(=O)CC2CC3CCC2C3)c(Br)c1. The molecule has 4 heteroatoms. The smallest absolute Gasteiger partial charge is 0.224 e. The molecular weight excluding hydrogens is 304 g/mol. The lowest BCUT2D eigenvalue weighted by Gasteiger charge is -2.21. The van der Waals surface area contributed by atoms with Gasteiger partial charge < -0.3 is 11.1 Å². The van der Waals surface area contributed by atoms with Crippen LogP contribution in [0.2, 0.25) is 0 Å². The summed E-state index contributed by atoms with van der Waals surface area (Å²) in [5.41, 5.74) is 7.19. The largest absolute Gasteiger partial charge is 0.399 e. The van der Waals surface area contributed by atoms with Crippen LogP contribution in [0.3, 0.4) is 0 Å². The van der Waals surface area contributed by atoms with Crippen LogP contribution in [0, 0.1) is 17.8 Å². The first kappa shape index (κ1) is 13.0. The van der Waals surface area contributed by atoms with E-state index in [1.165, 1.54) is 25.7 Å². The quantitative estimate of drug-likeness (QED) is 0.832. The van der Waals surface area contributed by atoms with Crippen molar-refractivity contribution < 1.29 is 4.79 Å². The van der Waals surface area contributed by atoms with Crippen molar-refractivity contribution in [3.05, 3.63) is 22.7 Å². The van der Waals surface area contributed by atoms with E-state index in [0.717, 1.165) is 22.0 Å². The lowest BCUT2D eigenvalue weighted by Crippen LogP contribution is -2.20. The van der Waals surface area contributed by atoms with E-state index in [2.05, 4.69) is 21.2 Å². The summed E-state index contributed by atoms with van der Waals surface area (Å²) in [5.74, 6) is 2.42. The molecule has 3 atom stereocenters. The minimum atomic E-state index is 0.128. The summed E-state index contributed by atoms with van der Waals surface area (Å²) >= 11 is 3.43. The zero-order valence-electron chi connectivity index (χ0n) is 10.9. The van der Waals surface area contributed by atoms with E-state index in [9.17, 15) is 4.79 Å². The van der Waals surface area contributed by atoms with Crippen LogP contribution >= 0.6 is 15.9 Å². The maximum Gasteiger partial charge on any atom is 0.224 e. The molecule has 0 radical (unpaired) electrons. The number of hydrogen-bond acceptors (Lipinski definition) is 2. The van der Waals surface area contributed by atoms with Gasteiger partial charge in [-0.05, 0) is 71.1 Å². The predicted octanol–water partition coefficient (Wildman–Crippen LogP) is 3.80. The first-order chi connectivity index (χ1) is 9.11. The second-order valence-electron chi connectivity index (χ2n) is 5.93. The molecule has 3 nitrogen and oxygen atoms in total. The zero-order chi connectivity index (χ0) is 13.4. The van der Waals surface area contributed by atoms with Crippen molar-refractivity contribution in [2.75, 3.05) is 11.1 Å². The molecule has 3 rings (SSSR count). The molecule has 2 fully saturated rings. The second-order valence-corrected chi connectivity index (χ2v) is 6.78. The Labute approximate surface area is 122 Å². The fourth-order valence-corrected chi connectivity index (χ4v) is 4.19. The van der Waals surface area contributed by atoms with E-state index >= 15 is 0 Å². The van der Waals surface area contributed by atoms with Crippen LogP contribution in [0.4, 0.5) is 11.4 Å². The van der Waals surface area contributed by atoms with Crippen molar-refractivity contribution in [1.82, 2.24) is 0 Å². The van der Waals surface area contributed by atoms with Gasteiger partial charge in [-0.3, -0.25) is 4.79 Å². The van der Waals surface area contributed by atoms with Crippen LogP contribution in [0.15, 0.2) is 22.7 Å². The van der Waals surface area contributed by atoms with Gasteiger partial charge in [-0.1, -0.05) is 6.42 Å². The van der Waals surface area contributed by atoms with Crippen molar-refractivity contribution in [3.63, 3.8) is 0 Å². The van der Waals surface area contributed by atoms with E-state index in [0.29, 0.717) is 18.0 Å². The van der Waals surface area contributed by atoms with Crippen LogP contribution in [0.5, 0.6) is 0 Å².